The highest BCUT2D eigenvalue weighted by molar-refractivity contribution is 7.89. The predicted octanol–water partition coefficient (Wildman–Crippen LogP) is 1.94. The van der Waals surface area contributed by atoms with E-state index in [-0.39, 0.29) is 17.3 Å². The Kier molecular flexibility index (Phi) is 6.49. The number of hydrogen-bond acceptors (Lipinski definition) is 6. The minimum atomic E-state index is -3.63. The summed E-state index contributed by atoms with van der Waals surface area (Å²) in [5.41, 5.74) is 2.14. The summed E-state index contributed by atoms with van der Waals surface area (Å²) in [5, 5.41) is 14.6. The van der Waals surface area contributed by atoms with Crippen LogP contribution >= 0.6 is 0 Å². The van der Waals surface area contributed by atoms with Crippen molar-refractivity contribution in [2.24, 2.45) is 0 Å². The first kappa shape index (κ1) is 20.8. The molecular weight excluding hydrogens is 392 g/mol. The summed E-state index contributed by atoms with van der Waals surface area (Å²) in [7, 11) is -3.63. The van der Waals surface area contributed by atoms with Crippen LogP contribution in [0.15, 0.2) is 47.4 Å². The Morgan fingerprint density at radius 3 is 2.66 bits per heavy atom. The molecule has 0 spiro atoms. The summed E-state index contributed by atoms with van der Waals surface area (Å²) < 4.78 is 32.5. The normalized spacial score (nSPS) is 14.8. The number of amides is 1. The lowest BCUT2D eigenvalue weighted by Crippen LogP contribution is -2.40. The molecule has 1 aliphatic rings. The molecule has 8 nitrogen and oxygen atoms in total. The van der Waals surface area contributed by atoms with Crippen molar-refractivity contribution in [1.29, 1.82) is 5.26 Å². The molecule has 3 rings (SSSR count). The van der Waals surface area contributed by atoms with Gasteiger partial charge in [0.25, 0.3) is 0 Å². The molecule has 0 saturated carbocycles. The highest BCUT2D eigenvalue weighted by Gasteiger charge is 2.27. The van der Waals surface area contributed by atoms with Gasteiger partial charge in [-0.15, -0.1) is 0 Å². The number of aryl methyl sites for hydroxylation is 1. The van der Waals surface area contributed by atoms with Crippen molar-refractivity contribution in [1.82, 2.24) is 4.31 Å². The number of nitriles is 1. The zero-order valence-corrected chi connectivity index (χ0v) is 16.8. The van der Waals surface area contributed by atoms with Crippen molar-refractivity contribution in [2.45, 2.75) is 11.8 Å². The number of benzene rings is 2. The van der Waals surface area contributed by atoms with Crippen molar-refractivity contribution in [2.75, 3.05) is 43.5 Å². The van der Waals surface area contributed by atoms with Gasteiger partial charge in [-0.2, -0.15) is 9.57 Å². The highest BCUT2D eigenvalue weighted by atomic mass is 32.2. The summed E-state index contributed by atoms with van der Waals surface area (Å²) in [6.07, 6.45) is 0. The molecule has 2 aromatic carbocycles. The molecule has 1 fully saturated rings. The summed E-state index contributed by atoms with van der Waals surface area (Å²) in [5.74, 6) is -0.307. The Labute approximate surface area is 170 Å². The first-order valence-corrected chi connectivity index (χ1v) is 10.6. The number of hydrogen-bond donors (Lipinski definition) is 2. The van der Waals surface area contributed by atoms with E-state index in [2.05, 4.69) is 10.6 Å². The van der Waals surface area contributed by atoms with Crippen LogP contribution in [0.5, 0.6) is 0 Å². The molecule has 1 heterocycles. The number of anilines is 2. The molecule has 9 heteroatoms. The van der Waals surface area contributed by atoms with Gasteiger partial charge in [-0.05, 0) is 42.8 Å². The van der Waals surface area contributed by atoms with Crippen molar-refractivity contribution < 1.29 is 17.9 Å². The van der Waals surface area contributed by atoms with E-state index < -0.39 is 10.0 Å². The maximum Gasteiger partial charge on any atom is 0.243 e. The van der Waals surface area contributed by atoms with Gasteiger partial charge in [0.2, 0.25) is 15.9 Å². The highest BCUT2D eigenvalue weighted by Crippen LogP contribution is 2.24. The molecule has 0 bridgehead atoms. The lowest BCUT2D eigenvalue weighted by molar-refractivity contribution is -0.114. The summed E-state index contributed by atoms with van der Waals surface area (Å²) in [4.78, 5) is 12.4. The molecule has 0 radical (unpaired) electrons. The van der Waals surface area contributed by atoms with E-state index in [9.17, 15) is 13.2 Å². The lowest BCUT2D eigenvalue weighted by Gasteiger charge is -2.27. The number of sulfonamides is 1. The van der Waals surface area contributed by atoms with Crippen molar-refractivity contribution in [3.8, 4) is 6.07 Å². The van der Waals surface area contributed by atoms with Crippen LogP contribution in [0.25, 0.3) is 0 Å². The monoisotopic (exact) mass is 414 g/mol. The second kappa shape index (κ2) is 9.05. The molecule has 1 aliphatic heterocycles. The van der Waals surface area contributed by atoms with E-state index in [1.54, 1.807) is 49.4 Å². The Morgan fingerprint density at radius 1 is 1.17 bits per heavy atom. The van der Waals surface area contributed by atoms with Gasteiger partial charge in [-0.25, -0.2) is 8.42 Å². The van der Waals surface area contributed by atoms with Crippen molar-refractivity contribution >= 4 is 27.3 Å². The molecule has 0 unspecified atom stereocenters. The van der Waals surface area contributed by atoms with Crippen LogP contribution in [0.4, 0.5) is 11.4 Å². The first-order chi connectivity index (χ1) is 13.9. The molecule has 152 valence electrons. The maximum absolute atomic E-state index is 12.9. The standard InChI is InChI=1S/C20H22N4O4S/c1-15-5-6-17(12-19(15)29(26,27)24-7-9-28-10-8-24)22-14-20(25)23-18-4-2-3-16(11-18)13-21/h2-6,11-12,22H,7-10,14H2,1H3,(H,23,25). The smallest absolute Gasteiger partial charge is 0.243 e. The van der Waals surface area contributed by atoms with Crippen LogP contribution in [0.3, 0.4) is 0 Å². The van der Waals surface area contributed by atoms with Crippen LogP contribution in [0.2, 0.25) is 0 Å². The second-order valence-electron chi connectivity index (χ2n) is 6.59. The van der Waals surface area contributed by atoms with Crippen LogP contribution in [0.1, 0.15) is 11.1 Å². The average molecular weight is 414 g/mol. The van der Waals surface area contributed by atoms with Gasteiger partial charge >= 0.3 is 0 Å². The van der Waals surface area contributed by atoms with Gasteiger partial charge in [-0.3, -0.25) is 4.79 Å². The third kappa shape index (κ3) is 5.12. The second-order valence-corrected chi connectivity index (χ2v) is 8.50. The van der Waals surface area contributed by atoms with Gasteiger partial charge < -0.3 is 15.4 Å². The van der Waals surface area contributed by atoms with E-state index in [4.69, 9.17) is 10.00 Å². The Bertz CT molecular complexity index is 1040. The SMILES string of the molecule is Cc1ccc(NCC(=O)Nc2cccc(C#N)c2)cc1S(=O)(=O)N1CCOCC1. The number of carbonyl (C=O) groups is 1. The van der Waals surface area contributed by atoms with Gasteiger partial charge in [-0.1, -0.05) is 12.1 Å². The number of rotatable bonds is 6. The van der Waals surface area contributed by atoms with Crippen molar-refractivity contribution in [3.63, 3.8) is 0 Å². The fourth-order valence-corrected chi connectivity index (χ4v) is 4.63. The molecule has 1 amide bonds. The predicted molar refractivity (Wildman–Crippen MR) is 109 cm³/mol. The topological polar surface area (TPSA) is 112 Å². The maximum atomic E-state index is 12.9. The van der Waals surface area contributed by atoms with Crippen LogP contribution < -0.4 is 10.6 Å². The van der Waals surface area contributed by atoms with Crippen LogP contribution in [0, 0.1) is 18.3 Å². The molecule has 2 N–H and O–H groups in total. The fourth-order valence-electron chi connectivity index (χ4n) is 2.97. The number of nitrogens with zero attached hydrogens (tertiary/aromatic N) is 2. The van der Waals surface area contributed by atoms with Crippen LogP contribution in [-0.4, -0.2) is 51.5 Å². The number of ether oxygens (including phenoxy) is 1. The number of morpholine rings is 1. The minimum absolute atomic E-state index is 0.0448. The molecular formula is C20H22N4O4S. The quantitative estimate of drug-likeness (QED) is 0.747. The van der Waals surface area contributed by atoms with Gasteiger partial charge in [0.1, 0.15) is 0 Å². The van der Waals surface area contributed by atoms with Gasteiger partial charge in [0, 0.05) is 24.5 Å². The zero-order valence-electron chi connectivity index (χ0n) is 16.0. The largest absolute Gasteiger partial charge is 0.379 e. The van der Waals surface area contributed by atoms with Crippen molar-refractivity contribution in [3.05, 3.63) is 53.6 Å². The Balaban J connectivity index is 1.68. The lowest BCUT2D eigenvalue weighted by atomic mass is 10.2. The third-order valence-electron chi connectivity index (χ3n) is 4.50. The molecule has 29 heavy (non-hydrogen) atoms. The summed E-state index contributed by atoms with van der Waals surface area (Å²) >= 11 is 0. The van der Waals surface area contributed by atoms with E-state index >= 15 is 0 Å². The molecule has 0 atom stereocenters. The molecule has 0 aliphatic carbocycles. The minimum Gasteiger partial charge on any atom is -0.379 e. The van der Waals surface area contributed by atoms with Crippen LogP contribution in [-0.2, 0) is 19.6 Å². The summed E-state index contributed by atoms with van der Waals surface area (Å²) in [6.45, 7) is 3.10. The van der Waals surface area contributed by atoms with E-state index in [1.807, 2.05) is 6.07 Å². The van der Waals surface area contributed by atoms with E-state index in [0.717, 1.165) is 0 Å². The van der Waals surface area contributed by atoms with Gasteiger partial charge in [0.05, 0.1) is 36.3 Å². The summed E-state index contributed by atoms with van der Waals surface area (Å²) in [6, 6.07) is 13.6. The average Bonchev–Trinajstić information content (AvgIpc) is 2.73. The Morgan fingerprint density at radius 2 is 1.93 bits per heavy atom. The van der Waals surface area contributed by atoms with E-state index in [0.29, 0.717) is 48.8 Å². The molecule has 2 aromatic rings. The zero-order chi connectivity index (χ0) is 20.9. The number of carbonyl (C=O) groups excluding carboxylic acids is 1. The fraction of sp³-hybridized carbons (Fsp3) is 0.300. The van der Waals surface area contributed by atoms with E-state index in [1.165, 1.54) is 4.31 Å². The molecule has 0 aromatic heterocycles. The number of nitrogens with one attached hydrogen (secondary N) is 2. The third-order valence-corrected chi connectivity index (χ3v) is 6.55. The Hall–Kier alpha value is -2.93. The van der Waals surface area contributed by atoms with Gasteiger partial charge in [0.15, 0.2) is 0 Å². The first-order valence-electron chi connectivity index (χ1n) is 9.12. The molecule has 1 saturated heterocycles.